The Morgan fingerprint density at radius 2 is 1.76 bits per heavy atom. The van der Waals surface area contributed by atoms with Crippen molar-refractivity contribution in [2.45, 2.75) is 90.4 Å². The minimum Gasteiger partial charge on any atom is -0.463 e. The van der Waals surface area contributed by atoms with Crippen LogP contribution in [0.15, 0.2) is 18.5 Å². The first-order valence-corrected chi connectivity index (χ1v) is 10.7. The summed E-state index contributed by atoms with van der Waals surface area (Å²) in [7, 11) is 0. The summed E-state index contributed by atoms with van der Waals surface area (Å²) < 4.78 is 6.01. The zero-order chi connectivity index (χ0) is 17.4. The van der Waals surface area contributed by atoms with Crippen LogP contribution in [0.2, 0.25) is 0 Å². The summed E-state index contributed by atoms with van der Waals surface area (Å²) in [4.78, 5) is 8.49. The quantitative estimate of drug-likeness (QED) is 0.527. The first-order valence-electron chi connectivity index (χ1n) is 10.7. The van der Waals surface area contributed by atoms with Crippen molar-refractivity contribution in [2.75, 3.05) is 6.61 Å². The Balaban J connectivity index is 1.67. The monoisotopic (exact) mass is 344 g/mol. The Hall–Kier alpha value is -1.12. The van der Waals surface area contributed by atoms with Crippen LogP contribution in [0.3, 0.4) is 0 Å². The molecule has 2 aliphatic rings. The fourth-order valence-electron chi connectivity index (χ4n) is 5.54. The highest BCUT2D eigenvalue weighted by molar-refractivity contribution is 4.96. The summed E-state index contributed by atoms with van der Waals surface area (Å²) >= 11 is 0. The average molecular weight is 345 g/mol. The number of rotatable bonds is 8. The molecular formula is C22H36N2O. The van der Waals surface area contributed by atoms with E-state index in [0.29, 0.717) is 17.3 Å². The number of nitrogens with zero attached hydrogens (tertiary/aromatic N) is 2. The highest BCUT2D eigenvalue weighted by Gasteiger charge is 2.43. The van der Waals surface area contributed by atoms with Crippen molar-refractivity contribution in [2.24, 2.45) is 17.3 Å². The van der Waals surface area contributed by atoms with Crippen LogP contribution in [-0.4, -0.2) is 16.6 Å². The Labute approximate surface area is 154 Å². The fraction of sp³-hybridized carbons (Fsp3) is 0.818. The van der Waals surface area contributed by atoms with Crippen LogP contribution in [0.4, 0.5) is 0 Å². The van der Waals surface area contributed by atoms with E-state index in [9.17, 15) is 0 Å². The number of hydrogen-bond acceptors (Lipinski definition) is 3. The Bertz CT molecular complexity index is 484. The second-order valence-electron chi connectivity index (χ2n) is 8.37. The Kier molecular flexibility index (Phi) is 7.12. The van der Waals surface area contributed by atoms with Crippen molar-refractivity contribution in [3.63, 3.8) is 0 Å². The van der Waals surface area contributed by atoms with Crippen molar-refractivity contribution in [3.05, 3.63) is 18.5 Å². The van der Waals surface area contributed by atoms with Gasteiger partial charge >= 0.3 is 6.01 Å². The van der Waals surface area contributed by atoms with Crippen LogP contribution < -0.4 is 4.74 Å². The number of ether oxygens (including phenoxy) is 1. The molecule has 2 fully saturated rings. The highest BCUT2D eigenvalue weighted by Crippen LogP contribution is 2.53. The number of aromatic nitrogens is 2. The minimum atomic E-state index is 0.551. The predicted molar refractivity (Wildman–Crippen MR) is 103 cm³/mol. The summed E-state index contributed by atoms with van der Waals surface area (Å²) in [5, 5.41) is 0. The predicted octanol–water partition coefficient (Wildman–Crippen LogP) is 6.19. The van der Waals surface area contributed by atoms with E-state index in [1.54, 1.807) is 12.4 Å². The van der Waals surface area contributed by atoms with Gasteiger partial charge in [0.15, 0.2) is 0 Å². The van der Waals surface area contributed by atoms with E-state index in [-0.39, 0.29) is 0 Å². The van der Waals surface area contributed by atoms with E-state index >= 15 is 0 Å². The molecule has 25 heavy (non-hydrogen) atoms. The third-order valence-electron chi connectivity index (χ3n) is 6.79. The van der Waals surface area contributed by atoms with E-state index in [1.165, 1.54) is 83.5 Å². The van der Waals surface area contributed by atoms with E-state index in [4.69, 9.17) is 4.74 Å². The van der Waals surface area contributed by atoms with Crippen molar-refractivity contribution in [1.82, 2.24) is 9.97 Å². The summed E-state index contributed by atoms with van der Waals surface area (Å²) in [5.41, 5.74) is 0.597. The summed E-state index contributed by atoms with van der Waals surface area (Å²) in [6.07, 6.45) is 21.9. The third-order valence-corrected chi connectivity index (χ3v) is 6.79. The third kappa shape index (κ3) is 4.95. The van der Waals surface area contributed by atoms with E-state index in [1.807, 2.05) is 6.07 Å². The van der Waals surface area contributed by atoms with Crippen LogP contribution in [0.25, 0.3) is 0 Å². The summed E-state index contributed by atoms with van der Waals surface area (Å²) in [6, 6.07) is 2.40. The Morgan fingerprint density at radius 1 is 1.00 bits per heavy atom. The smallest absolute Gasteiger partial charge is 0.316 e. The molecular weight excluding hydrogens is 308 g/mol. The molecule has 0 N–H and O–H groups in total. The maximum atomic E-state index is 6.01. The fourth-order valence-corrected chi connectivity index (χ4v) is 5.54. The molecule has 2 saturated carbocycles. The van der Waals surface area contributed by atoms with Gasteiger partial charge in [-0.3, -0.25) is 0 Å². The van der Waals surface area contributed by atoms with Gasteiger partial charge in [-0.15, -0.1) is 0 Å². The second-order valence-corrected chi connectivity index (χ2v) is 8.37. The van der Waals surface area contributed by atoms with Crippen molar-refractivity contribution in [1.29, 1.82) is 0 Å². The largest absolute Gasteiger partial charge is 0.463 e. The molecule has 0 saturated heterocycles. The summed E-state index contributed by atoms with van der Waals surface area (Å²) in [6.45, 7) is 3.13. The maximum absolute atomic E-state index is 6.01. The van der Waals surface area contributed by atoms with Crippen molar-refractivity contribution < 1.29 is 4.74 Å². The highest BCUT2D eigenvalue weighted by atomic mass is 16.5. The molecule has 0 radical (unpaired) electrons. The van der Waals surface area contributed by atoms with Crippen LogP contribution in [0.5, 0.6) is 6.01 Å². The number of hydrogen-bond donors (Lipinski definition) is 0. The van der Waals surface area contributed by atoms with Gasteiger partial charge in [0.2, 0.25) is 0 Å². The van der Waals surface area contributed by atoms with Crippen LogP contribution in [-0.2, 0) is 0 Å². The van der Waals surface area contributed by atoms with Gasteiger partial charge in [0.25, 0.3) is 0 Å². The van der Waals surface area contributed by atoms with E-state index in [0.717, 1.165) is 12.5 Å². The molecule has 1 aromatic heterocycles. The van der Waals surface area contributed by atoms with Crippen LogP contribution in [0, 0.1) is 17.3 Å². The normalized spacial score (nSPS) is 26.3. The zero-order valence-corrected chi connectivity index (χ0v) is 16.1. The van der Waals surface area contributed by atoms with Gasteiger partial charge in [-0.05, 0) is 55.4 Å². The molecule has 3 rings (SSSR count). The van der Waals surface area contributed by atoms with Gasteiger partial charge < -0.3 is 4.74 Å². The van der Waals surface area contributed by atoms with E-state index < -0.39 is 0 Å². The van der Waals surface area contributed by atoms with Crippen LogP contribution >= 0.6 is 0 Å². The lowest BCUT2D eigenvalue weighted by atomic mass is 9.56. The lowest BCUT2D eigenvalue weighted by molar-refractivity contribution is -0.00276. The topological polar surface area (TPSA) is 35.0 Å². The molecule has 0 bridgehead atoms. The van der Waals surface area contributed by atoms with Crippen molar-refractivity contribution in [3.8, 4) is 6.01 Å². The Morgan fingerprint density at radius 3 is 2.52 bits per heavy atom. The molecule has 3 heteroatoms. The van der Waals surface area contributed by atoms with Crippen molar-refractivity contribution >= 4 is 0 Å². The molecule has 140 valence electrons. The number of unbranched alkanes of at least 4 members (excludes halogenated alkanes) is 2. The zero-order valence-electron chi connectivity index (χ0n) is 16.1. The minimum absolute atomic E-state index is 0.551. The van der Waals surface area contributed by atoms with Gasteiger partial charge in [0.1, 0.15) is 0 Å². The molecule has 0 spiro atoms. The molecule has 3 nitrogen and oxygen atoms in total. The van der Waals surface area contributed by atoms with E-state index in [2.05, 4.69) is 16.9 Å². The molecule has 0 aliphatic heterocycles. The van der Waals surface area contributed by atoms with Crippen LogP contribution in [0.1, 0.15) is 90.4 Å². The molecule has 0 amide bonds. The second kappa shape index (κ2) is 9.54. The SMILES string of the molecule is CCCCCC1([C@H]2CCCC[C@@H]2COc2ncccn2)CCCCC1. The molecule has 2 aliphatic carbocycles. The first kappa shape index (κ1) is 18.7. The molecule has 0 aromatic carbocycles. The maximum Gasteiger partial charge on any atom is 0.316 e. The van der Waals surface area contributed by atoms with Gasteiger partial charge in [-0.25, -0.2) is 9.97 Å². The average Bonchev–Trinajstić information content (AvgIpc) is 2.68. The summed E-state index contributed by atoms with van der Waals surface area (Å²) in [5.74, 6) is 1.54. The first-order chi connectivity index (χ1) is 12.3. The molecule has 1 heterocycles. The van der Waals surface area contributed by atoms with Gasteiger partial charge in [0, 0.05) is 12.4 Å². The standard InChI is InChI=1S/C22H36N2O/c1-2-3-7-13-22(14-8-4-9-15-22)20-12-6-5-11-19(20)18-25-21-23-16-10-17-24-21/h10,16-17,19-20H,2-9,11-15,18H2,1H3/t19-,20+/m1/s1. The van der Waals surface area contributed by atoms with Gasteiger partial charge in [0.05, 0.1) is 6.61 Å². The molecule has 2 atom stereocenters. The lowest BCUT2D eigenvalue weighted by Crippen LogP contribution is -2.41. The lowest BCUT2D eigenvalue weighted by Gasteiger charge is -2.49. The van der Waals surface area contributed by atoms with Gasteiger partial charge in [-0.1, -0.05) is 58.3 Å². The van der Waals surface area contributed by atoms with Gasteiger partial charge in [-0.2, -0.15) is 0 Å². The molecule has 0 unspecified atom stereocenters. The molecule has 1 aromatic rings.